The van der Waals surface area contributed by atoms with Crippen molar-refractivity contribution in [1.82, 2.24) is 0 Å². The molecule has 0 N–H and O–H groups in total. The molecule has 0 bridgehead atoms. The molecule has 0 heterocycles. The molecule has 0 aromatic heterocycles. The van der Waals surface area contributed by atoms with Gasteiger partial charge in [-0.25, -0.2) is 0 Å². The molecule has 0 spiro atoms. The van der Waals surface area contributed by atoms with E-state index in [1.54, 1.807) is 0 Å². The number of hydrogen-bond acceptors (Lipinski definition) is 0. The summed E-state index contributed by atoms with van der Waals surface area (Å²) in [5, 5.41) is 0. The van der Waals surface area contributed by atoms with Crippen molar-refractivity contribution in [1.29, 1.82) is 0 Å². The highest BCUT2D eigenvalue weighted by Crippen LogP contribution is 2.20. The number of hydrogen-bond donors (Lipinski definition) is 0. The summed E-state index contributed by atoms with van der Waals surface area (Å²) in [6.07, 6.45) is 11.1. The molecule has 17 heavy (non-hydrogen) atoms. The smallest absolute Gasteiger partial charge is 0.00370 e. The van der Waals surface area contributed by atoms with E-state index in [9.17, 15) is 0 Å². The van der Waals surface area contributed by atoms with E-state index in [4.69, 9.17) is 12.6 Å². The quantitative estimate of drug-likeness (QED) is 0.411. The summed E-state index contributed by atoms with van der Waals surface area (Å²) in [5.41, 5.74) is 0. The van der Waals surface area contributed by atoms with Crippen LogP contribution in [0.4, 0.5) is 0 Å². The van der Waals surface area contributed by atoms with Gasteiger partial charge in [0.15, 0.2) is 0 Å². The molecule has 0 saturated carbocycles. The Morgan fingerprint density at radius 2 is 1.06 bits per heavy atom. The summed E-state index contributed by atoms with van der Waals surface area (Å²) in [4.78, 5) is 0. The second-order valence-corrected chi connectivity index (χ2v) is 6.72. The van der Waals surface area contributed by atoms with Crippen LogP contribution in [-0.4, -0.2) is 5.75 Å². The lowest BCUT2D eigenvalue weighted by Crippen LogP contribution is -2.00. The van der Waals surface area contributed by atoms with Gasteiger partial charge in [0.05, 0.1) is 0 Å². The second kappa shape index (κ2) is 11.4. The maximum Gasteiger partial charge on any atom is 0.00370 e. The average Bonchev–Trinajstić information content (AvgIpc) is 2.25. The van der Waals surface area contributed by atoms with Gasteiger partial charge in [-0.05, 0) is 30.6 Å². The molecule has 103 valence electrons. The van der Waals surface area contributed by atoms with Crippen molar-refractivity contribution in [2.45, 2.75) is 79.1 Å². The van der Waals surface area contributed by atoms with E-state index in [0.717, 1.165) is 23.5 Å². The normalized spacial score (nSPS) is 15.2. The van der Waals surface area contributed by atoms with Gasteiger partial charge in [0.2, 0.25) is 0 Å². The first-order valence-corrected chi connectivity index (χ1v) is 8.22. The topological polar surface area (TPSA) is 0 Å². The average molecular weight is 258 g/mol. The van der Waals surface area contributed by atoms with Crippen LogP contribution < -0.4 is 0 Å². The van der Waals surface area contributed by atoms with E-state index in [1.165, 1.54) is 51.4 Å². The van der Waals surface area contributed by atoms with Crippen LogP contribution in [0.2, 0.25) is 0 Å². The highest BCUT2D eigenvalue weighted by atomic mass is 32.1. The maximum absolute atomic E-state index is 4.99. The van der Waals surface area contributed by atoms with Crippen LogP contribution in [-0.2, 0) is 0 Å². The molecule has 0 aliphatic carbocycles. The first-order valence-electron chi connectivity index (χ1n) is 7.64. The Kier molecular flexibility index (Phi) is 11.7. The van der Waals surface area contributed by atoms with Gasteiger partial charge in [-0.3, -0.25) is 0 Å². The minimum absolute atomic E-state index is 0.876. The van der Waals surface area contributed by atoms with Crippen LogP contribution in [0.5, 0.6) is 0 Å². The summed E-state index contributed by atoms with van der Waals surface area (Å²) >= 11 is 4.99. The lowest BCUT2D eigenvalue weighted by Gasteiger charge is -2.14. The van der Waals surface area contributed by atoms with E-state index in [0.29, 0.717) is 0 Å². The maximum atomic E-state index is 4.99. The van der Waals surface area contributed by atoms with E-state index >= 15 is 0 Å². The van der Waals surface area contributed by atoms with E-state index in [-0.39, 0.29) is 0 Å². The highest BCUT2D eigenvalue weighted by molar-refractivity contribution is 7.80. The molecule has 2 atom stereocenters. The number of rotatable bonds is 11. The van der Waals surface area contributed by atoms with Crippen molar-refractivity contribution in [2.24, 2.45) is 17.8 Å². The van der Waals surface area contributed by atoms with Crippen LogP contribution in [0.15, 0.2) is 0 Å². The third kappa shape index (κ3) is 12.6. The Morgan fingerprint density at radius 1 is 0.647 bits per heavy atom. The SMILES string of the molecule is CC(C)CCCC(C)CCCC(C)CCC[S]. The minimum Gasteiger partial charge on any atom is -0.0942 e. The van der Waals surface area contributed by atoms with Gasteiger partial charge in [0, 0.05) is 5.75 Å². The molecule has 0 rings (SSSR count). The largest absolute Gasteiger partial charge is 0.0942 e. The van der Waals surface area contributed by atoms with Gasteiger partial charge in [-0.2, -0.15) is 0 Å². The fourth-order valence-electron chi connectivity index (χ4n) is 2.41. The third-order valence-electron chi connectivity index (χ3n) is 3.71. The molecule has 2 unspecified atom stereocenters. The van der Waals surface area contributed by atoms with Gasteiger partial charge >= 0.3 is 0 Å². The molecular formula is C16H33S. The Labute approximate surface area is 115 Å². The van der Waals surface area contributed by atoms with Gasteiger partial charge in [0.25, 0.3) is 0 Å². The Bertz CT molecular complexity index is 154. The molecule has 0 aliphatic rings. The van der Waals surface area contributed by atoms with Gasteiger partial charge < -0.3 is 0 Å². The monoisotopic (exact) mass is 257 g/mol. The van der Waals surface area contributed by atoms with Gasteiger partial charge in [-0.15, -0.1) is 0 Å². The van der Waals surface area contributed by atoms with Crippen LogP contribution in [0.25, 0.3) is 0 Å². The highest BCUT2D eigenvalue weighted by Gasteiger charge is 2.06. The fourth-order valence-corrected chi connectivity index (χ4v) is 2.58. The van der Waals surface area contributed by atoms with E-state index in [2.05, 4.69) is 27.7 Å². The minimum atomic E-state index is 0.876. The van der Waals surface area contributed by atoms with E-state index in [1.807, 2.05) is 0 Å². The molecular weight excluding hydrogens is 224 g/mol. The van der Waals surface area contributed by atoms with Crippen molar-refractivity contribution in [3.8, 4) is 0 Å². The first-order chi connectivity index (χ1) is 8.06. The molecule has 0 saturated heterocycles. The summed E-state index contributed by atoms with van der Waals surface area (Å²) in [5.74, 6) is 3.64. The summed E-state index contributed by atoms with van der Waals surface area (Å²) in [6.45, 7) is 9.46. The van der Waals surface area contributed by atoms with E-state index < -0.39 is 0 Å². The molecule has 0 nitrogen and oxygen atoms in total. The molecule has 1 heteroatoms. The predicted molar refractivity (Wildman–Crippen MR) is 82.6 cm³/mol. The van der Waals surface area contributed by atoms with Crippen molar-refractivity contribution in [2.75, 3.05) is 5.75 Å². The first kappa shape index (κ1) is 17.4. The Hall–Kier alpha value is 0.350. The van der Waals surface area contributed by atoms with Crippen LogP contribution >= 0.6 is 12.6 Å². The van der Waals surface area contributed by atoms with Crippen molar-refractivity contribution in [3.05, 3.63) is 0 Å². The molecule has 0 amide bonds. The lowest BCUT2D eigenvalue weighted by atomic mass is 9.92. The third-order valence-corrected chi connectivity index (χ3v) is 4.00. The lowest BCUT2D eigenvalue weighted by molar-refractivity contribution is 0.392. The fraction of sp³-hybridized carbons (Fsp3) is 1.00. The van der Waals surface area contributed by atoms with Crippen molar-refractivity contribution < 1.29 is 0 Å². The summed E-state index contributed by atoms with van der Waals surface area (Å²) < 4.78 is 0. The summed E-state index contributed by atoms with van der Waals surface area (Å²) in [6, 6.07) is 0. The molecule has 1 radical (unpaired) electrons. The second-order valence-electron chi connectivity index (χ2n) is 6.31. The zero-order valence-corrected chi connectivity index (χ0v) is 13.3. The van der Waals surface area contributed by atoms with Crippen LogP contribution in [0.3, 0.4) is 0 Å². The molecule has 0 fully saturated rings. The standard InChI is InChI=1S/C16H33S/c1-14(2)8-5-9-15(3)10-6-11-16(4)12-7-13-17/h14-16H,5-13H2,1-4H3. The molecule has 0 aromatic carbocycles. The van der Waals surface area contributed by atoms with Gasteiger partial charge in [-0.1, -0.05) is 78.8 Å². The Morgan fingerprint density at radius 3 is 1.47 bits per heavy atom. The predicted octanol–water partition coefficient (Wildman–Crippen LogP) is 6.23. The van der Waals surface area contributed by atoms with Crippen LogP contribution in [0.1, 0.15) is 79.1 Å². The zero-order chi connectivity index (χ0) is 13.1. The van der Waals surface area contributed by atoms with Gasteiger partial charge in [0.1, 0.15) is 0 Å². The van der Waals surface area contributed by atoms with Crippen LogP contribution in [0, 0.1) is 17.8 Å². The summed E-state index contributed by atoms with van der Waals surface area (Å²) in [7, 11) is 0. The van der Waals surface area contributed by atoms with Crippen molar-refractivity contribution >= 4 is 12.6 Å². The Balaban J connectivity index is 3.34. The molecule has 0 aromatic rings. The van der Waals surface area contributed by atoms with Crippen molar-refractivity contribution in [3.63, 3.8) is 0 Å². The molecule has 0 aliphatic heterocycles. The zero-order valence-electron chi connectivity index (χ0n) is 12.5.